The molecule has 4 rings (SSSR count). The molecule has 1 N–H and O–H groups in total. The quantitative estimate of drug-likeness (QED) is 0.904. The summed E-state index contributed by atoms with van der Waals surface area (Å²) >= 11 is 0. The number of aryl methyl sites for hydroxylation is 1. The number of hydrogen-bond donors (Lipinski definition) is 1. The summed E-state index contributed by atoms with van der Waals surface area (Å²) in [6.45, 7) is 0.202. The molecular formula is C15H21N3O2. The van der Waals surface area contributed by atoms with E-state index in [4.69, 9.17) is 0 Å². The van der Waals surface area contributed by atoms with Crippen LogP contribution in [0, 0.1) is 5.92 Å². The molecule has 3 fully saturated rings. The molecule has 2 bridgehead atoms. The number of amides is 1. The van der Waals surface area contributed by atoms with Crippen molar-refractivity contribution in [1.29, 1.82) is 0 Å². The lowest BCUT2D eigenvalue weighted by Gasteiger charge is -2.23. The summed E-state index contributed by atoms with van der Waals surface area (Å²) in [7, 11) is 1.93. The molecule has 1 aliphatic carbocycles. The van der Waals surface area contributed by atoms with Gasteiger partial charge in [-0.15, -0.1) is 0 Å². The first-order chi connectivity index (χ1) is 9.70. The Kier molecular flexibility index (Phi) is 2.67. The number of rotatable bonds is 3. The number of aromatic nitrogens is 2. The van der Waals surface area contributed by atoms with Gasteiger partial charge < -0.3 is 10.0 Å². The first-order valence-electron chi connectivity index (χ1n) is 7.66. The monoisotopic (exact) mass is 275 g/mol. The summed E-state index contributed by atoms with van der Waals surface area (Å²) in [4.78, 5) is 15.0. The van der Waals surface area contributed by atoms with Gasteiger partial charge in [-0.25, -0.2) is 0 Å². The fourth-order valence-corrected chi connectivity index (χ4v) is 4.22. The fourth-order valence-electron chi connectivity index (χ4n) is 4.22. The Hall–Kier alpha value is -1.36. The molecule has 108 valence electrons. The van der Waals surface area contributed by atoms with E-state index < -0.39 is 0 Å². The number of hydrogen-bond acceptors (Lipinski definition) is 3. The van der Waals surface area contributed by atoms with Crippen LogP contribution in [0.4, 0.5) is 0 Å². The van der Waals surface area contributed by atoms with Crippen molar-refractivity contribution in [2.75, 3.05) is 6.61 Å². The Morgan fingerprint density at radius 2 is 2.20 bits per heavy atom. The van der Waals surface area contributed by atoms with Crippen LogP contribution in [-0.2, 0) is 7.05 Å². The van der Waals surface area contributed by atoms with Crippen LogP contribution in [0.2, 0.25) is 0 Å². The van der Waals surface area contributed by atoms with Gasteiger partial charge in [-0.3, -0.25) is 9.48 Å². The number of carbonyl (C=O) groups excluding carboxylic acids is 1. The molecule has 5 nitrogen and oxygen atoms in total. The molecular weight excluding hydrogens is 254 g/mol. The van der Waals surface area contributed by atoms with Crippen LogP contribution in [0.5, 0.6) is 0 Å². The maximum absolute atomic E-state index is 12.9. The van der Waals surface area contributed by atoms with E-state index in [1.54, 1.807) is 6.20 Å². The Balaban J connectivity index is 1.65. The van der Waals surface area contributed by atoms with Gasteiger partial charge in [0, 0.05) is 37.6 Å². The molecule has 0 aromatic carbocycles. The lowest BCUT2D eigenvalue weighted by atomic mass is 9.90. The van der Waals surface area contributed by atoms with Crippen LogP contribution in [-0.4, -0.2) is 44.4 Å². The average molecular weight is 275 g/mol. The first-order valence-corrected chi connectivity index (χ1v) is 7.66. The van der Waals surface area contributed by atoms with Gasteiger partial charge in [0.1, 0.15) is 0 Å². The number of nitrogens with zero attached hydrogens (tertiary/aromatic N) is 3. The second-order valence-corrected chi connectivity index (χ2v) is 6.53. The fraction of sp³-hybridized carbons (Fsp3) is 0.733. The van der Waals surface area contributed by atoms with E-state index in [0.717, 1.165) is 30.5 Å². The van der Waals surface area contributed by atoms with Crippen molar-refractivity contribution >= 4 is 5.91 Å². The molecule has 3 atom stereocenters. The van der Waals surface area contributed by atoms with E-state index in [-0.39, 0.29) is 24.5 Å². The second kappa shape index (κ2) is 4.32. The molecule has 2 saturated heterocycles. The molecule has 0 radical (unpaired) electrons. The topological polar surface area (TPSA) is 58.4 Å². The van der Waals surface area contributed by atoms with E-state index in [9.17, 15) is 9.90 Å². The first kappa shape index (κ1) is 12.4. The zero-order chi connectivity index (χ0) is 13.9. The molecule has 2 aliphatic heterocycles. The number of aliphatic hydroxyl groups excluding tert-OH is 1. The van der Waals surface area contributed by atoms with Gasteiger partial charge in [-0.2, -0.15) is 5.10 Å². The Labute approximate surface area is 118 Å². The van der Waals surface area contributed by atoms with Crippen LogP contribution in [0.3, 0.4) is 0 Å². The molecule has 5 heteroatoms. The summed E-state index contributed by atoms with van der Waals surface area (Å²) in [6.07, 6.45) is 7.18. The second-order valence-electron chi connectivity index (χ2n) is 6.53. The van der Waals surface area contributed by atoms with Gasteiger partial charge in [0.15, 0.2) is 0 Å². The van der Waals surface area contributed by atoms with Gasteiger partial charge in [0.05, 0.1) is 17.5 Å². The predicted octanol–water partition coefficient (Wildman–Crippen LogP) is 1.28. The highest BCUT2D eigenvalue weighted by atomic mass is 16.3. The minimum absolute atomic E-state index is 0.142. The smallest absolute Gasteiger partial charge is 0.257 e. The predicted molar refractivity (Wildman–Crippen MR) is 73.4 cm³/mol. The number of aliphatic hydroxyl groups is 1. The van der Waals surface area contributed by atoms with Gasteiger partial charge in [-0.1, -0.05) is 0 Å². The maximum atomic E-state index is 12.9. The van der Waals surface area contributed by atoms with Gasteiger partial charge >= 0.3 is 0 Å². The van der Waals surface area contributed by atoms with E-state index in [2.05, 4.69) is 5.10 Å². The van der Waals surface area contributed by atoms with Crippen molar-refractivity contribution < 1.29 is 9.90 Å². The van der Waals surface area contributed by atoms with Gasteiger partial charge in [-0.05, 0) is 32.1 Å². The summed E-state index contributed by atoms with van der Waals surface area (Å²) in [5, 5.41) is 13.8. The average Bonchev–Trinajstić information content (AvgIpc) is 2.96. The van der Waals surface area contributed by atoms with E-state index >= 15 is 0 Å². The van der Waals surface area contributed by atoms with E-state index in [0.29, 0.717) is 12.0 Å². The van der Waals surface area contributed by atoms with Crippen molar-refractivity contribution in [3.63, 3.8) is 0 Å². The summed E-state index contributed by atoms with van der Waals surface area (Å²) in [6, 6.07) is 0.571. The lowest BCUT2D eigenvalue weighted by Crippen LogP contribution is -2.37. The summed E-state index contributed by atoms with van der Waals surface area (Å²) < 4.78 is 1.87. The Morgan fingerprint density at radius 3 is 2.85 bits per heavy atom. The SMILES string of the molecule is Cn1ncc(C(=O)N2C3CCC2C(CO)C3)c1C1CC1. The molecule has 3 unspecified atom stereocenters. The van der Waals surface area contributed by atoms with Crippen molar-refractivity contribution in [3.05, 3.63) is 17.5 Å². The minimum atomic E-state index is 0.142. The van der Waals surface area contributed by atoms with Crippen molar-refractivity contribution in [2.45, 2.75) is 50.1 Å². The number of carbonyl (C=O) groups is 1. The van der Waals surface area contributed by atoms with Crippen molar-refractivity contribution in [2.24, 2.45) is 13.0 Å². The standard InChI is InChI=1S/C15H21N3O2/c1-17-14(9-2-3-9)12(7-16-17)15(20)18-11-4-5-13(18)10(6-11)8-19/h7,9-11,13,19H,2-6,8H2,1H3. The highest BCUT2D eigenvalue weighted by Crippen LogP contribution is 2.45. The van der Waals surface area contributed by atoms with Gasteiger partial charge in [0.25, 0.3) is 5.91 Å². The molecule has 3 aliphatic rings. The van der Waals surface area contributed by atoms with Gasteiger partial charge in [0.2, 0.25) is 0 Å². The molecule has 1 aromatic rings. The normalized spacial score (nSPS) is 32.1. The highest BCUT2D eigenvalue weighted by Gasteiger charge is 2.49. The van der Waals surface area contributed by atoms with Crippen molar-refractivity contribution in [3.8, 4) is 0 Å². The Morgan fingerprint density at radius 1 is 1.40 bits per heavy atom. The molecule has 1 saturated carbocycles. The molecule has 20 heavy (non-hydrogen) atoms. The summed E-state index contributed by atoms with van der Waals surface area (Å²) in [5.74, 6) is 0.942. The largest absolute Gasteiger partial charge is 0.396 e. The molecule has 3 heterocycles. The van der Waals surface area contributed by atoms with Crippen LogP contribution < -0.4 is 0 Å². The van der Waals surface area contributed by atoms with Crippen molar-refractivity contribution in [1.82, 2.24) is 14.7 Å². The maximum Gasteiger partial charge on any atom is 0.257 e. The summed E-state index contributed by atoms with van der Waals surface area (Å²) in [5.41, 5.74) is 1.91. The Bertz CT molecular complexity index is 549. The lowest BCUT2D eigenvalue weighted by molar-refractivity contribution is 0.0706. The molecule has 0 spiro atoms. The molecule has 1 aromatic heterocycles. The zero-order valence-electron chi connectivity index (χ0n) is 11.8. The van der Waals surface area contributed by atoms with E-state index in [1.807, 2.05) is 16.6 Å². The third-order valence-corrected chi connectivity index (χ3v) is 5.31. The molecule has 1 amide bonds. The van der Waals surface area contributed by atoms with Crippen LogP contribution in [0.1, 0.15) is 54.1 Å². The minimum Gasteiger partial charge on any atom is -0.396 e. The van der Waals surface area contributed by atoms with E-state index in [1.165, 1.54) is 12.8 Å². The third kappa shape index (κ3) is 1.65. The number of fused-ring (bicyclic) bond motifs is 2. The third-order valence-electron chi connectivity index (χ3n) is 5.31. The van der Waals surface area contributed by atoms with Crippen LogP contribution >= 0.6 is 0 Å². The highest BCUT2D eigenvalue weighted by molar-refractivity contribution is 5.96. The van der Waals surface area contributed by atoms with Crippen LogP contribution in [0.25, 0.3) is 0 Å². The zero-order valence-corrected chi connectivity index (χ0v) is 11.8. The van der Waals surface area contributed by atoms with Crippen LogP contribution in [0.15, 0.2) is 6.20 Å².